The zero-order valence-electron chi connectivity index (χ0n) is 10.5. The monoisotopic (exact) mass is 243 g/mol. The van der Waals surface area contributed by atoms with E-state index in [4.69, 9.17) is 4.74 Å². The first kappa shape index (κ1) is 12.2. The molecule has 0 spiro atoms. The molecule has 0 saturated heterocycles. The number of nitrogens with zero attached hydrogens (tertiary/aromatic N) is 1. The number of Topliss-reactive ketones (excluding diaryl/α,β-unsaturated/α-hetero) is 1. The molecule has 1 aromatic carbocycles. The van der Waals surface area contributed by atoms with E-state index in [1.165, 1.54) is 14.0 Å². The van der Waals surface area contributed by atoms with Gasteiger partial charge in [-0.1, -0.05) is 18.2 Å². The number of carbonyl (C=O) groups is 2. The number of benzene rings is 1. The summed E-state index contributed by atoms with van der Waals surface area (Å²) >= 11 is 0. The van der Waals surface area contributed by atoms with Crippen LogP contribution in [0.5, 0.6) is 0 Å². The van der Waals surface area contributed by atoms with Crippen LogP contribution in [0.4, 0.5) is 0 Å². The number of aromatic nitrogens is 1. The van der Waals surface area contributed by atoms with Gasteiger partial charge < -0.3 is 4.74 Å². The van der Waals surface area contributed by atoms with E-state index in [0.29, 0.717) is 27.7 Å². The van der Waals surface area contributed by atoms with Crippen LogP contribution in [0.2, 0.25) is 0 Å². The molecule has 18 heavy (non-hydrogen) atoms. The average Bonchev–Trinajstić information content (AvgIpc) is 2.35. The lowest BCUT2D eigenvalue weighted by molar-refractivity contribution is 0.0599. The van der Waals surface area contributed by atoms with Crippen LogP contribution in [0.3, 0.4) is 0 Å². The summed E-state index contributed by atoms with van der Waals surface area (Å²) in [5.41, 5.74) is 1.86. The number of hydrogen-bond donors (Lipinski definition) is 0. The number of pyridine rings is 1. The number of aryl methyl sites for hydroxylation is 1. The van der Waals surface area contributed by atoms with Crippen LogP contribution in [0.25, 0.3) is 10.9 Å². The Labute approximate surface area is 105 Å². The Morgan fingerprint density at radius 3 is 2.44 bits per heavy atom. The van der Waals surface area contributed by atoms with Crippen molar-refractivity contribution >= 4 is 22.7 Å². The summed E-state index contributed by atoms with van der Waals surface area (Å²) in [6, 6.07) is 7.21. The third-order valence-corrected chi connectivity index (χ3v) is 2.81. The Bertz CT molecular complexity index is 647. The minimum atomic E-state index is -0.512. The SMILES string of the molecule is COC(=O)c1c(C(C)=O)c(C)nc2ccccc12. The van der Waals surface area contributed by atoms with Gasteiger partial charge >= 0.3 is 5.97 Å². The quantitative estimate of drug-likeness (QED) is 0.600. The second-order valence-corrected chi connectivity index (χ2v) is 4.01. The molecule has 0 aliphatic carbocycles. The number of para-hydroxylation sites is 1. The predicted molar refractivity (Wildman–Crippen MR) is 67.8 cm³/mol. The fraction of sp³-hybridized carbons (Fsp3) is 0.214. The molecule has 2 rings (SSSR count). The summed E-state index contributed by atoms with van der Waals surface area (Å²) in [6.45, 7) is 3.14. The Morgan fingerprint density at radius 1 is 1.17 bits per heavy atom. The van der Waals surface area contributed by atoms with Crippen molar-refractivity contribution in [3.63, 3.8) is 0 Å². The zero-order chi connectivity index (χ0) is 13.3. The second kappa shape index (κ2) is 4.56. The van der Waals surface area contributed by atoms with Crippen molar-refractivity contribution in [1.82, 2.24) is 4.98 Å². The highest BCUT2D eigenvalue weighted by atomic mass is 16.5. The van der Waals surface area contributed by atoms with Crippen LogP contribution in [-0.4, -0.2) is 23.8 Å². The molecule has 4 heteroatoms. The molecule has 0 saturated carbocycles. The highest BCUT2D eigenvalue weighted by Gasteiger charge is 2.21. The molecule has 0 aliphatic heterocycles. The summed E-state index contributed by atoms with van der Waals surface area (Å²) in [4.78, 5) is 28.0. The molecule has 1 heterocycles. The minimum Gasteiger partial charge on any atom is -0.465 e. The molecular weight excluding hydrogens is 230 g/mol. The molecule has 1 aromatic heterocycles. The summed E-state index contributed by atoms with van der Waals surface area (Å²) in [6.07, 6.45) is 0. The molecule has 0 aliphatic rings. The van der Waals surface area contributed by atoms with Gasteiger partial charge in [0.25, 0.3) is 0 Å². The molecule has 92 valence electrons. The van der Waals surface area contributed by atoms with Gasteiger partial charge in [-0.15, -0.1) is 0 Å². The van der Waals surface area contributed by atoms with Gasteiger partial charge in [0.05, 0.1) is 23.8 Å². The Morgan fingerprint density at radius 2 is 1.83 bits per heavy atom. The second-order valence-electron chi connectivity index (χ2n) is 4.01. The van der Waals surface area contributed by atoms with E-state index in [-0.39, 0.29) is 5.78 Å². The highest BCUT2D eigenvalue weighted by Crippen LogP contribution is 2.24. The third kappa shape index (κ3) is 1.86. The number of rotatable bonds is 2. The van der Waals surface area contributed by atoms with Crippen molar-refractivity contribution in [2.45, 2.75) is 13.8 Å². The van der Waals surface area contributed by atoms with E-state index in [9.17, 15) is 9.59 Å². The number of fused-ring (bicyclic) bond motifs is 1. The first-order chi connectivity index (χ1) is 8.56. The maximum absolute atomic E-state index is 11.9. The molecule has 0 atom stereocenters. The van der Waals surface area contributed by atoms with Crippen molar-refractivity contribution in [2.75, 3.05) is 7.11 Å². The predicted octanol–water partition coefficient (Wildman–Crippen LogP) is 2.53. The summed E-state index contributed by atoms with van der Waals surface area (Å²) in [5, 5.41) is 0.639. The van der Waals surface area contributed by atoms with Gasteiger partial charge in [-0.2, -0.15) is 0 Å². The van der Waals surface area contributed by atoms with Crippen LogP contribution >= 0.6 is 0 Å². The van der Waals surface area contributed by atoms with Crippen LogP contribution in [0.1, 0.15) is 33.3 Å². The number of ketones is 1. The van der Waals surface area contributed by atoms with E-state index in [1.54, 1.807) is 25.1 Å². The minimum absolute atomic E-state index is 0.189. The van der Waals surface area contributed by atoms with Crippen molar-refractivity contribution in [3.05, 3.63) is 41.1 Å². The lowest BCUT2D eigenvalue weighted by Crippen LogP contribution is -2.12. The van der Waals surface area contributed by atoms with Crippen molar-refractivity contribution in [3.8, 4) is 0 Å². The van der Waals surface area contributed by atoms with Gasteiger partial charge in [-0.3, -0.25) is 9.78 Å². The fourth-order valence-corrected chi connectivity index (χ4v) is 2.08. The molecule has 0 amide bonds. The lowest BCUT2D eigenvalue weighted by Gasteiger charge is -2.11. The smallest absolute Gasteiger partial charge is 0.339 e. The molecule has 4 nitrogen and oxygen atoms in total. The van der Waals surface area contributed by atoms with Crippen LogP contribution in [0, 0.1) is 6.92 Å². The van der Waals surface area contributed by atoms with E-state index < -0.39 is 5.97 Å². The van der Waals surface area contributed by atoms with E-state index in [0.717, 1.165) is 0 Å². The zero-order valence-corrected chi connectivity index (χ0v) is 10.5. The van der Waals surface area contributed by atoms with Gasteiger partial charge in [-0.25, -0.2) is 4.79 Å². The van der Waals surface area contributed by atoms with Crippen LogP contribution in [0.15, 0.2) is 24.3 Å². The van der Waals surface area contributed by atoms with Gasteiger partial charge in [0, 0.05) is 11.1 Å². The van der Waals surface area contributed by atoms with Gasteiger partial charge in [0.15, 0.2) is 5.78 Å². The number of hydrogen-bond acceptors (Lipinski definition) is 4. The first-order valence-electron chi connectivity index (χ1n) is 5.55. The van der Waals surface area contributed by atoms with Crippen LogP contribution in [-0.2, 0) is 4.74 Å². The standard InChI is InChI=1S/C14H13NO3/c1-8-12(9(2)16)13(14(17)18-3)10-6-4-5-7-11(10)15-8/h4-7H,1-3H3. The Hall–Kier alpha value is -2.23. The largest absolute Gasteiger partial charge is 0.465 e. The average molecular weight is 243 g/mol. The molecular formula is C14H13NO3. The molecule has 0 unspecified atom stereocenters. The summed E-state index contributed by atoms with van der Waals surface area (Å²) in [5.74, 6) is -0.701. The first-order valence-corrected chi connectivity index (χ1v) is 5.55. The summed E-state index contributed by atoms with van der Waals surface area (Å²) < 4.78 is 4.77. The normalized spacial score (nSPS) is 10.4. The number of methoxy groups -OCH3 is 1. The Kier molecular flexibility index (Phi) is 3.10. The van der Waals surface area contributed by atoms with Crippen LogP contribution < -0.4 is 0 Å². The topological polar surface area (TPSA) is 56.3 Å². The van der Waals surface area contributed by atoms with E-state index >= 15 is 0 Å². The molecule has 0 fully saturated rings. The lowest BCUT2D eigenvalue weighted by atomic mass is 9.98. The third-order valence-electron chi connectivity index (χ3n) is 2.81. The highest BCUT2D eigenvalue weighted by molar-refractivity contribution is 6.13. The fourth-order valence-electron chi connectivity index (χ4n) is 2.08. The number of esters is 1. The van der Waals surface area contributed by atoms with Crippen molar-refractivity contribution in [1.29, 1.82) is 0 Å². The Balaban J connectivity index is 2.94. The number of carbonyl (C=O) groups excluding carboxylic acids is 2. The molecule has 2 aromatic rings. The maximum Gasteiger partial charge on any atom is 0.339 e. The molecule has 0 radical (unpaired) electrons. The van der Waals surface area contributed by atoms with E-state index in [2.05, 4.69) is 4.98 Å². The van der Waals surface area contributed by atoms with Gasteiger partial charge in [0.1, 0.15) is 0 Å². The number of ether oxygens (including phenoxy) is 1. The maximum atomic E-state index is 11.9. The molecule has 0 N–H and O–H groups in total. The van der Waals surface area contributed by atoms with Gasteiger partial charge in [0.2, 0.25) is 0 Å². The van der Waals surface area contributed by atoms with E-state index in [1.807, 2.05) is 6.07 Å². The van der Waals surface area contributed by atoms with Crippen molar-refractivity contribution < 1.29 is 14.3 Å². The van der Waals surface area contributed by atoms with Crippen molar-refractivity contribution in [2.24, 2.45) is 0 Å². The summed E-state index contributed by atoms with van der Waals surface area (Å²) in [7, 11) is 1.30. The van der Waals surface area contributed by atoms with Gasteiger partial charge in [-0.05, 0) is 19.9 Å². The molecule has 0 bridgehead atoms.